The number of nitrogens with zero attached hydrogens (tertiary/aromatic N) is 2. The number of piperazine rings is 1. The van der Waals surface area contributed by atoms with E-state index in [-0.39, 0.29) is 11.8 Å². The van der Waals surface area contributed by atoms with Gasteiger partial charge in [-0.15, -0.1) is 0 Å². The summed E-state index contributed by atoms with van der Waals surface area (Å²) < 4.78 is 22.6. The lowest BCUT2D eigenvalue weighted by atomic mass is 10.0. The van der Waals surface area contributed by atoms with Crippen molar-refractivity contribution in [3.63, 3.8) is 0 Å². The van der Waals surface area contributed by atoms with Crippen LogP contribution in [0.3, 0.4) is 0 Å². The Hall–Kier alpha value is -0.170. The highest BCUT2D eigenvalue weighted by atomic mass is 32.2. The first-order chi connectivity index (χ1) is 9.19. The second-order valence-electron chi connectivity index (χ2n) is 6.55. The number of likely N-dealkylation sites (N-methyl/N-ethyl adjacent to an activating group) is 1. The molecule has 6 heteroatoms. The first-order valence-corrected chi connectivity index (χ1v) is 9.59. The first kappa shape index (κ1) is 17.9. The number of hydrogen-bond acceptors (Lipinski definition) is 5. The zero-order valence-electron chi connectivity index (χ0n) is 13.6. The molecule has 0 saturated carbocycles. The molecule has 1 aliphatic heterocycles. The quantitative estimate of drug-likeness (QED) is 0.732. The van der Waals surface area contributed by atoms with Crippen LogP contribution in [0, 0.1) is 5.92 Å². The Morgan fingerprint density at radius 2 is 1.65 bits per heavy atom. The van der Waals surface area contributed by atoms with Crippen molar-refractivity contribution in [1.82, 2.24) is 15.1 Å². The molecule has 1 saturated heterocycles. The van der Waals surface area contributed by atoms with E-state index in [2.05, 4.69) is 36.0 Å². The zero-order chi connectivity index (χ0) is 15.3. The van der Waals surface area contributed by atoms with Gasteiger partial charge in [-0.1, -0.05) is 13.8 Å². The Morgan fingerprint density at radius 1 is 1.10 bits per heavy atom. The highest BCUT2D eigenvalue weighted by Crippen LogP contribution is 2.13. The Kier molecular flexibility index (Phi) is 6.91. The smallest absolute Gasteiger partial charge is 0.148 e. The number of hydrogen-bond donors (Lipinski definition) is 1. The van der Waals surface area contributed by atoms with Gasteiger partial charge >= 0.3 is 0 Å². The summed E-state index contributed by atoms with van der Waals surface area (Å²) in [6, 6.07) is 0.490. The first-order valence-electron chi connectivity index (χ1n) is 7.52. The topological polar surface area (TPSA) is 52.7 Å². The Balaban J connectivity index is 2.47. The maximum atomic E-state index is 11.3. The summed E-state index contributed by atoms with van der Waals surface area (Å²) in [5.41, 5.74) is 0. The minimum atomic E-state index is -2.91. The van der Waals surface area contributed by atoms with Crippen LogP contribution in [0.15, 0.2) is 0 Å². The minimum absolute atomic E-state index is 0.0127. The molecule has 0 aromatic heterocycles. The molecule has 0 bridgehead atoms. The second kappa shape index (κ2) is 7.73. The fourth-order valence-corrected chi connectivity index (χ4v) is 3.80. The van der Waals surface area contributed by atoms with Gasteiger partial charge in [-0.05, 0) is 19.9 Å². The van der Waals surface area contributed by atoms with Crippen molar-refractivity contribution in [3.8, 4) is 0 Å². The van der Waals surface area contributed by atoms with Crippen molar-refractivity contribution in [2.45, 2.75) is 32.9 Å². The Bertz CT molecular complexity index is 376. The van der Waals surface area contributed by atoms with Crippen molar-refractivity contribution in [3.05, 3.63) is 0 Å². The minimum Gasteiger partial charge on any atom is -0.312 e. The maximum absolute atomic E-state index is 11.3. The van der Waals surface area contributed by atoms with Crippen molar-refractivity contribution in [2.24, 2.45) is 5.92 Å². The molecular formula is C14H31N3O2S. The van der Waals surface area contributed by atoms with Crippen LogP contribution in [0.2, 0.25) is 0 Å². The summed E-state index contributed by atoms with van der Waals surface area (Å²) in [5.74, 6) is 0.775. The van der Waals surface area contributed by atoms with Crippen molar-refractivity contribution >= 4 is 9.84 Å². The van der Waals surface area contributed by atoms with Gasteiger partial charge in [0.2, 0.25) is 0 Å². The van der Waals surface area contributed by atoms with Gasteiger partial charge in [-0.2, -0.15) is 0 Å². The van der Waals surface area contributed by atoms with Crippen LogP contribution in [0.25, 0.3) is 0 Å². The predicted octanol–water partition coefficient (Wildman–Crippen LogP) is 0.281. The molecular weight excluding hydrogens is 274 g/mol. The van der Waals surface area contributed by atoms with Crippen LogP contribution in [0.4, 0.5) is 0 Å². The van der Waals surface area contributed by atoms with Crippen LogP contribution >= 0.6 is 0 Å². The van der Waals surface area contributed by atoms with Crippen LogP contribution < -0.4 is 5.32 Å². The van der Waals surface area contributed by atoms with Gasteiger partial charge in [0, 0.05) is 51.1 Å². The summed E-state index contributed by atoms with van der Waals surface area (Å²) in [7, 11) is -0.746. The van der Waals surface area contributed by atoms with E-state index in [1.165, 1.54) is 6.26 Å². The van der Waals surface area contributed by atoms with Crippen LogP contribution in [-0.4, -0.2) is 82.1 Å². The molecule has 20 heavy (non-hydrogen) atoms. The fraction of sp³-hybridized carbons (Fsp3) is 1.00. The van der Waals surface area contributed by atoms with E-state index in [0.717, 1.165) is 32.7 Å². The van der Waals surface area contributed by atoms with E-state index in [4.69, 9.17) is 0 Å². The Morgan fingerprint density at radius 3 is 2.10 bits per heavy atom. The molecule has 0 amide bonds. The Labute approximate surface area is 124 Å². The SMILES string of the molecule is CC(CS(C)(=O)=O)NCC(C(C)C)N1CCN(C)CC1. The van der Waals surface area contributed by atoms with Crippen molar-refractivity contribution < 1.29 is 8.42 Å². The largest absolute Gasteiger partial charge is 0.312 e. The standard InChI is InChI=1S/C14H31N3O2S/c1-12(2)14(17-8-6-16(4)7-9-17)10-15-13(3)11-20(5,18)19/h12-15H,6-11H2,1-5H3. The van der Waals surface area contributed by atoms with E-state index in [0.29, 0.717) is 12.0 Å². The number of sulfone groups is 1. The molecule has 0 aromatic rings. The molecule has 2 atom stereocenters. The number of nitrogens with one attached hydrogen (secondary N) is 1. The summed E-state index contributed by atoms with van der Waals surface area (Å²) in [4.78, 5) is 4.89. The summed E-state index contributed by atoms with van der Waals surface area (Å²) in [6.07, 6.45) is 1.30. The van der Waals surface area contributed by atoms with Gasteiger partial charge in [-0.25, -0.2) is 8.42 Å². The molecule has 0 radical (unpaired) electrons. The lowest BCUT2D eigenvalue weighted by Crippen LogP contribution is -2.54. The molecule has 1 N–H and O–H groups in total. The van der Waals surface area contributed by atoms with Gasteiger partial charge in [0.1, 0.15) is 9.84 Å². The van der Waals surface area contributed by atoms with Crippen molar-refractivity contribution in [2.75, 3.05) is 51.8 Å². The van der Waals surface area contributed by atoms with Crippen LogP contribution in [-0.2, 0) is 9.84 Å². The van der Waals surface area contributed by atoms with E-state index in [9.17, 15) is 8.42 Å². The van der Waals surface area contributed by atoms with Gasteiger partial charge in [-0.3, -0.25) is 4.90 Å². The van der Waals surface area contributed by atoms with Gasteiger partial charge in [0.15, 0.2) is 0 Å². The molecule has 0 aromatic carbocycles. The highest BCUT2D eigenvalue weighted by Gasteiger charge is 2.25. The van der Waals surface area contributed by atoms with E-state index in [1.54, 1.807) is 0 Å². The molecule has 1 rings (SSSR count). The lowest BCUT2D eigenvalue weighted by Gasteiger charge is -2.40. The van der Waals surface area contributed by atoms with Gasteiger partial charge in [0.05, 0.1) is 5.75 Å². The average Bonchev–Trinajstić information content (AvgIpc) is 2.29. The van der Waals surface area contributed by atoms with E-state index >= 15 is 0 Å². The third-order valence-electron chi connectivity index (χ3n) is 4.00. The monoisotopic (exact) mass is 305 g/mol. The van der Waals surface area contributed by atoms with Crippen LogP contribution in [0.5, 0.6) is 0 Å². The normalized spacial score (nSPS) is 22.1. The molecule has 1 aliphatic rings. The van der Waals surface area contributed by atoms with E-state index < -0.39 is 9.84 Å². The lowest BCUT2D eigenvalue weighted by molar-refractivity contribution is 0.0867. The molecule has 120 valence electrons. The molecule has 1 heterocycles. The predicted molar refractivity (Wildman–Crippen MR) is 84.9 cm³/mol. The fourth-order valence-electron chi connectivity index (χ4n) is 2.77. The summed E-state index contributed by atoms with van der Waals surface area (Å²) in [5, 5.41) is 3.39. The summed E-state index contributed by atoms with van der Waals surface area (Å²) >= 11 is 0. The third-order valence-corrected chi connectivity index (χ3v) is 5.11. The van der Waals surface area contributed by atoms with Gasteiger partial charge in [0.25, 0.3) is 0 Å². The van der Waals surface area contributed by atoms with Crippen molar-refractivity contribution in [1.29, 1.82) is 0 Å². The zero-order valence-corrected chi connectivity index (χ0v) is 14.4. The second-order valence-corrected chi connectivity index (χ2v) is 8.74. The molecule has 0 spiro atoms. The van der Waals surface area contributed by atoms with E-state index in [1.807, 2.05) is 6.92 Å². The maximum Gasteiger partial charge on any atom is 0.148 e. The summed E-state index contributed by atoms with van der Waals surface area (Å²) in [6.45, 7) is 11.7. The average molecular weight is 305 g/mol. The number of rotatable bonds is 7. The molecule has 2 unspecified atom stereocenters. The molecule has 1 fully saturated rings. The molecule has 0 aliphatic carbocycles. The van der Waals surface area contributed by atoms with Gasteiger partial charge < -0.3 is 10.2 Å². The molecule has 5 nitrogen and oxygen atoms in total. The third kappa shape index (κ3) is 6.52. The highest BCUT2D eigenvalue weighted by molar-refractivity contribution is 7.90. The van der Waals surface area contributed by atoms with Crippen LogP contribution in [0.1, 0.15) is 20.8 Å².